The molecule has 0 aliphatic carbocycles. The van der Waals surface area contributed by atoms with Crippen LogP contribution in [0.4, 0.5) is 11.4 Å². The van der Waals surface area contributed by atoms with Crippen LogP contribution in [0.5, 0.6) is 0 Å². The van der Waals surface area contributed by atoms with Gasteiger partial charge in [0.1, 0.15) is 5.69 Å². The molecule has 7 heteroatoms. The number of nitro groups is 1. The molecule has 0 saturated carbocycles. The van der Waals surface area contributed by atoms with Gasteiger partial charge in [-0.15, -0.1) is 0 Å². The Kier molecular flexibility index (Phi) is 6.99. The van der Waals surface area contributed by atoms with Crippen LogP contribution in [0.15, 0.2) is 18.2 Å². The summed E-state index contributed by atoms with van der Waals surface area (Å²) in [6.07, 6.45) is 5.09. The summed E-state index contributed by atoms with van der Waals surface area (Å²) in [5.74, 6) is 0.195. The first-order chi connectivity index (χ1) is 11.6. The van der Waals surface area contributed by atoms with Crippen LogP contribution >= 0.6 is 0 Å². The van der Waals surface area contributed by atoms with Gasteiger partial charge in [-0.3, -0.25) is 14.9 Å². The molecule has 1 heterocycles. The standard InChI is InChI=1S/C17H26N4O3/c1-18-15-7-6-14(12-16(15)21(23)24)13-19-9-8-17(22)20-10-4-2-3-5-11-20/h6-7,12,18-19H,2-5,8-11,13H2,1H3. The minimum atomic E-state index is -0.391. The van der Waals surface area contributed by atoms with Crippen molar-refractivity contribution in [1.82, 2.24) is 10.2 Å². The highest BCUT2D eigenvalue weighted by molar-refractivity contribution is 5.76. The molecule has 2 N–H and O–H groups in total. The molecule has 0 aromatic heterocycles. The number of nitrogens with zero attached hydrogens (tertiary/aromatic N) is 2. The normalized spacial score (nSPS) is 15.0. The highest BCUT2D eigenvalue weighted by Crippen LogP contribution is 2.24. The first-order valence-corrected chi connectivity index (χ1v) is 8.55. The number of carbonyl (C=O) groups excluding carboxylic acids is 1. The van der Waals surface area contributed by atoms with Crippen molar-refractivity contribution in [2.75, 3.05) is 32.0 Å². The highest BCUT2D eigenvalue weighted by atomic mass is 16.6. The van der Waals surface area contributed by atoms with Crippen LogP contribution in [0.2, 0.25) is 0 Å². The van der Waals surface area contributed by atoms with E-state index >= 15 is 0 Å². The van der Waals surface area contributed by atoms with Gasteiger partial charge in [-0.05, 0) is 24.5 Å². The molecule has 132 valence electrons. The molecule has 0 bridgehead atoms. The Balaban J connectivity index is 1.78. The number of hydrogen-bond acceptors (Lipinski definition) is 5. The summed E-state index contributed by atoms with van der Waals surface area (Å²) >= 11 is 0. The molecule has 0 spiro atoms. The average Bonchev–Trinajstić information content (AvgIpc) is 2.87. The van der Waals surface area contributed by atoms with Gasteiger partial charge in [0.15, 0.2) is 0 Å². The molecule has 7 nitrogen and oxygen atoms in total. The Hall–Kier alpha value is -2.15. The Morgan fingerprint density at radius 1 is 1.25 bits per heavy atom. The zero-order chi connectivity index (χ0) is 17.4. The van der Waals surface area contributed by atoms with Crippen LogP contribution in [-0.4, -0.2) is 42.4 Å². The van der Waals surface area contributed by atoms with Crippen molar-refractivity contribution < 1.29 is 9.72 Å². The predicted molar refractivity (Wildman–Crippen MR) is 94.0 cm³/mol. The maximum Gasteiger partial charge on any atom is 0.292 e. The van der Waals surface area contributed by atoms with E-state index in [1.165, 1.54) is 12.8 Å². The second-order valence-corrected chi connectivity index (χ2v) is 6.08. The van der Waals surface area contributed by atoms with Crippen molar-refractivity contribution in [2.45, 2.75) is 38.6 Å². The van der Waals surface area contributed by atoms with Crippen LogP contribution < -0.4 is 10.6 Å². The van der Waals surface area contributed by atoms with Gasteiger partial charge in [-0.1, -0.05) is 18.9 Å². The van der Waals surface area contributed by atoms with Gasteiger partial charge in [0.25, 0.3) is 5.69 Å². The molecule has 2 rings (SSSR count). The topological polar surface area (TPSA) is 87.5 Å². The van der Waals surface area contributed by atoms with Crippen LogP contribution in [0, 0.1) is 10.1 Å². The summed E-state index contributed by atoms with van der Waals surface area (Å²) in [5.41, 5.74) is 1.40. The smallest absolute Gasteiger partial charge is 0.292 e. The Labute approximate surface area is 142 Å². The van der Waals surface area contributed by atoms with E-state index in [0.717, 1.165) is 31.5 Å². The molecule has 1 aliphatic heterocycles. The highest BCUT2D eigenvalue weighted by Gasteiger charge is 2.15. The zero-order valence-electron chi connectivity index (χ0n) is 14.2. The molecule has 1 saturated heterocycles. The van der Waals surface area contributed by atoms with Crippen molar-refractivity contribution >= 4 is 17.3 Å². The minimum absolute atomic E-state index is 0.0671. The summed E-state index contributed by atoms with van der Waals surface area (Å²) in [7, 11) is 1.66. The Morgan fingerprint density at radius 2 is 1.96 bits per heavy atom. The summed E-state index contributed by atoms with van der Waals surface area (Å²) in [5, 5.41) is 17.1. The molecular formula is C17H26N4O3. The molecule has 0 atom stereocenters. The van der Waals surface area contributed by atoms with Crippen LogP contribution in [0.3, 0.4) is 0 Å². The molecule has 0 unspecified atom stereocenters. The zero-order valence-corrected chi connectivity index (χ0v) is 14.2. The van der Waals surface area contributed by atoms with E-state index in [2.05, 4.69) is 10.6 Å². The van der Waals surface area contributed by atoms with Crippen molar-refractivity contribution in [3.8, 4) is 0 Å². The summed E-state index contributed by atoms with van der Waals surface area (Å²) < 4.78 is 0. The van der Waals surface area contributed by atoms with Gasteiger partial charge in [-0.25, -0.2) is 0 Å². The first-order valence-electron chi connectivity index (χ1n) is 8.55. The second kappa shape index (κ2) is 9.22. The molecule has 1 aliphatic rings. The molecule has 1 aromatic carbocycles. The van der Waals surface area contributed by atoms with E-state index in [1.807, 2.05) is 11.0 Å². The van der Waals surface area contributed by atoms with E-state index in [4.69, 9.17) is 0 Å². The van der Waals surface area contributed by atoms with Crippen LogP contribution in [0.25, 0.3) is 0 Å². The number of benzene rings is 1. The quantitative estimate of drug-likeness (QED) is 0.454. The number of amides is 1. The number of likely N-dealkylation sites (tertiary alicyclic amines) is 1. The molecule has 1 aromatic rings. The first kappa shape index (κ1) is 18.2. The average molecular weight is 334 g/mol. The van der Waals surface area contributed by atoms with E-state index in [1.54, 1.807) is 19.2 Å². The van der Waals surface area contributed by atoms with E-state index in [9.17, 15) is 14.9 Å². The number of rotatable bonds is 7. The third-order valence-corrected chi connectivity index (χ3v) is 4.33. The fraction of sp³-hybridized carbons (Fsp3) is 0.588. The van der Waals surface area contributed by atoms with Crippen LogP contribution in [0.1, 0.15) is 37.7 Å². The van der Waals surface area contributed by atoms with E-state index in [-0.39, 0.29) is 11.6 Å². The second-order valence-electron chi connectivity index (χ2n) is 6.08. The fourth-order valence-electron chi connectivity index (χ4n) is 2.96. The lowest BCUT2D eigenvalue weighted by molar-refractivity contribution is -0.384. The number of hydrogen-bond donors (Lipinski definition) is 2. The Bertz CT molecular complexity index is 569. The maximum absolute atomic E-state index is 12.2. The van der Waals surface area contributed by atoms with Gasteiger partial charge in [0.05, 0.1) is 4.92 Å². The van der Waals surface area contributed by atoms with Crippen molar-refractivity contribution in [3.05, 3.63) is 33.9 Å². The van der Waals surface area contributed by atoms with Crippen molar-refractivity contribution in [3.63, 3.8) is 0 Å². The maximum atomic E-state index is 12.2. The SMILES string of the molecule is CNc1ccc(CNCCC(=O)N2CCCCCC2)cc1[N+](=O)[O-]. The summed E-state index contributed by atoms with van der Waals surface area (Å²) in [6.45, 7) is 2.84. The van der Waals surface area contributed by atoms with Crippen LogP contribution in [-0.2, 0) is 11.3 Å². The molecule has 1 amide bonds. The number of nitro benzene ring substituents is 1. The number of anilines is 1. The lowest BCUT2D eigenvalue weighted by atomic mass is 10.1. The van der Waals surface area contributed by atoms with Gasteiger partial charge < -0.3 is 15.5 Å². The van der Waals surface area contributed by atoms with E-state index < -0.39 is 4.92 Å². The largest absolute Gasteiger partial charge is 0.383 e. The van der Waals surface area contributed by atoms with Gasteiger partial charge in [0.2, 0.25) is 5.91 Å². The van der Waals surface area contributed by atoms with E-state index in [0.29, 0.717) is 25.2 Å². The lowest BCUT2D eigenvalue weighted by Gasteiger charge is -2.20. The summed E-state index contributed by atoms with van der Waals surface area (Å²) in [6, 6.07) is 5.12. The Morgan fingerprint density at radius 3 is 2.58 bits per heavy atom. The van der Waals surface area contributed by atoms with Crippen molar-refractivity contribution in [2.24, 2.45) is 0 Å². The van der Waals surface area contributed by atoms with Gasteiger partial charge in [0, 0.05) is 45.7 Å². The molecule has 0 radical (unpaired) electrons. The monoisotopic (exact) mass is 334 g/mol. The molecular weight excluding hydrogens is 308 g/mol. The molecule has 24 heavy (non-hydrogen) atoms. The number of carbonyl (C=O) groups is 1. The molecule has 1 fully saturated rings. The predicted octanol–water partition coefficient (Wildman–Crippen LogP) is 2.52. The third-order valence-electron chi connectivity index (χ3n) is 4.33. The third kappa shape index (κ3) is 5.19. The number of nitrogens with one attached hydrogen (secondary N) is 2. The lowest BCUT2D eigenvalue weighted by Crippen LogP contribution is -2.33. The van der Waals surface area contributed by atoms with Gasteiger partial charge >= 0.3 is 0 Å². The van der Waals surface area contributed by atoms with Gasteiger partial charge in [-0.2, -0.15) is 0 Å². The minimum Gasteiger partial charge on any atom is -0.383 e. The summed E-state index contributed by atoms with van der Waals surface area (Å²) in [4.78, 5) is 24.8. The fourth-order valence-corrected chi connectivity index (χ4v) is 2.96. The van der Waals surface area contributed by atoms with Crippen molar-refractivity contribution in [1.29, 1.82) is 0 Å².